The van der Waals surface area contributed by atoms with Gasteiger partial charge in [-0.3, -0.25) is 0 Å². The molecule has 0 radical (unpaired) electrons. The molecule has 0 atom stereocenters. The lowest BCUT2D eigenvalue weighted by Crippen LogP contribution is -2.00. The van der Waals surface area contributed by atoms with E-state index in [1.807, 2.05) is 0 Å². The molecule has 0 aliphatic rings. The summed E-state index contributed by atoms with van der Waals surface area (Å²) in [7, 11) is -3.55. The van der Waals surface area contributed by atoms with Gasteiger partial charge in [-0.1, -0.05) is 69.6 Å². The van der Waals surface area contributed by atoms with Gasteiger partial charge >= 0.3 is 0 Å². The van der Waals surface area contributed by atoms with Gasteiger partial charge in [-0.25, -0.2) is 8.42 Å². The molecule has 2 aromatic rings. The highest BCUT2D eigenvalue weighted by Gasteiger charge is 2.23. The Morgan fingerprint density at radius 3 is 1.91 bits per heavy atom. The monoisotopic (exact) mass is 436 g/mol. The molecule has 0 heterocycles. The minimum absolute atomic E-state index is 0.0303. The van der Waals surface area contributed by atoms with Crippen molar-refractivity contribution in [1.29, 1.82) is 0 Å². The van der Waals surface area contributed by atoms with Crippen LogP contribution in [0, 0.1) is 0 Å². The Bertz CT molecular complexity index is 877. The molecule has 0 unspecified atom stereocenters. The topological polar surface area (TPSA) is 34.1 Å². The van der Waals surface area contributed by atoms with Gasteiger partial charge in [-0.2, -0.15) is 0 Å². The van der Waals surface area contributed by atoms with E-state index in [-0.39, 0.29) is 40.6 Å². The maximum Gasteiger partial charge on any atom is 0.177 e. The van der Waals surface area contributed by atoms with Gasteiger partial charge in [0, 0.05) is 17.4 Å². The van der Waals surface area contributed by atoms with Crippen LogP contribution in [0.5, 0.6) is 0 Å². The minimum Gasteiger partial charge on any atom is -0.224 e. The first-order valence-corrected chi connectivity index (χ1v) is 9.73. The van der Waals surface area contributed by atoms with E-state index in [4.69, 9.17) is 69.6 Å². The van der Waals surface area contributed by atoms with Crippen molar-refractivity contribution in [2.24, 2.45) is 0 Å². The number of rotatable bonds is 2. The molecule has 0 fully saturated rings. The molecule has 22 heavy (non-hydrogen) atoms. The van der Waals surface area contributed by atoms with Crippen molar-refractivity contribution < 1.29 is 8.42 Å². The highest BCUT2D eigenvalue weighted by molar-refractivity contribution is 7.90. The van der Waals surface area contributed by atoms with Crippen LogP contribution in [-0.2, 0) is 9.84 Å². The van der Waals surface area contributed by atoms with E-state index in [9.17, 15) is 8.42 Å². The van der Waals surface area contributed by atoms with Gasteiger partial charge in [0.2, 0.25) is 0 Å². The average molecular weight is 439 g/mol. The van der Waals surface area contributed by atoms with Gasteiger partial charge in [0.25, 0.3) is 0 Å². The standard InChI is InChI=1S/C13H6Cl6O2S/c1-22(20,21)8-3-2-6(14)9(12(8)18)5-4-7(15)11(17)13(19)10(5)16/h2-4H,1H3. The van der Waals surface area contributed by atoms with Gasteiger partial charge in [0.1, 0.15) is 0 Å². The molecular formula is C13H6Cl6O2S. The van der Waals surface area contributed by atoms with E-state index in [0.717, 1.165) is 6.26 Å². The van der Waals surface area contributed by atoms with Crippen molar-refractivity contribution in [2.45, 2.75) is 4.90 Å². The Labute approximate surface area is 157 Å². The SMILES string of the molecule is CS(=O)(=O)c1ccc(Cl)c(-c2cc(Cl)c(Cl)c(Cl)c2Cl)c1Cl. The first-order valence-electron chi connectivity index (χ1n) is 5.57. The second-order valence-electron chi connectivity index (χ2n) is 4.35. The van der Waals surface area contributed by atoms with Crippen molar-refractivity contribution in [3.8, 4) is 11.1 Å². The molecule has 0 saturated heterocycles. The summed E-state index contributed by atoms with van der Waals surface area (Å²) in [6, 6.07) is 4.15. The van der Waals surface area contributed by atoms with E-state index in [1.54, 1.807) is 0 Å². The number of benzene rings is 2. The van der Waals surface area contributed by atoms with Crippen LogP contribution in [-0.4, -0.2) is 14.7 Å². The predicted molar refractivity (Wildman–Crippen MR) is 95.0 cm³/mol. The van der Waals surface area contributed by atoms with Crippen molar-refractivity contribution in [2.75, 3.05) is 6.26 Å². The first kappa shape index (κ1) is 18.5. The Morgan fingerprint density at radius 2 is 1.36 bits per heavy atom. The summed E-state index contributed by atoms with van der Waals surface area (Å²) in [5.74, 6) is 0. The van der Waals surface area contributed by atoms with Crippen LogP contribution in [0.25, 0.3) is 11.1 Å². The molecule has 0 spiro atoms. The van der Waals surface area contributed by atoms with Gasteiger partial charge in [-0.05, 0) is 18.2 Å². The van der Waals surface area contributed by atoms with Crippen molar-refractivity contribution >= 4 is 79.4 Å². The number of hydrogen-bond donors (Lipinski definition) is 0. The van der Waals surface area contributed by atoms with Crippen molar-refractivity contribution in [1.82, 2.24) is 0 Å². The highest BCUT2D eigenvalue weighted by atomic mass is 35.5. The van der Waals surface area contributed by atoms with Crippen LogP contribution in [0.1, 0.15) is 0 Å². The van der Waals surface area contributed by atoms with E-state index in [1.165, 1.54) is 18.2 Å². The smallest absolute Gasteiger partial charge is 0.177 e. The molecule has 2 rings (SSSR count). The zero-order valence-corrected chi connectivity index (χ0v) is 16.1. The lowest BCUT2D eigenvalue weighted by atomic mass is 10.1. The third-order valence-corrected chi connectivity index (χ3v) is 6.54. The van der Waals surface area contributed by atoms with Gasteiger partial charge in [0.15, 0.2) is 9.84 Å². The third kappa shape index (κ3) is 3.32. The molecule has 0 amide bonds. The fourth-order valence-electron chi connectivity index (χ4n) is 1.82. The van der Waals surface area contributed by atoms with Crippen molar-refractivity contribution in [3.63, 3.8) is 0 Å². The Kier molecular flexibility index (Phi) is 5.51. The Morgan fingerprint density at radius 1 is 0.773 bits per heavy atom. The number of sulfone groups is 1. The number of hydrogen-bond acceptors (Lipinski definition) is 2. The molecule has 0 aliphatic heterocycles. The summed E-state index contributed by atoms with van der Waals surface area (Å²) < 4.78 is 23.6. The quantitative estimate of drug-likeness (QED) is 0.387. The summed E-state index contributed by atoms with van der Waals surface area (Å²) in [6.07, 6.45) is 1.04. The zero-order chi connectivity index (χ0) is 16.8. The van der Waals surface area contributed by atoms with Crippen LogP contribution in [0.3, 0.4) is 0 Å². The predicted octanol–water partition coefficient (Wildman–Crippen LogP) is 6.68. The van der Waals surface area contributed by atoms with E-state index in [0.29, 0.717) is 5.56 Å². The van der Waals surface area contributed by atoms with Crippen LogP contribution in [0.4, 0.5) is 0 Å². The molecule has 9 heteroatoms. The van der Waals surface area contributed by atoms with Crippen molar-refractivity contribution in [3.05, 3.63) is 48.3 Å². The average Bonchev–Trinajstić information content (AvgIpc) is 2.40. The molecule has 2 nitrogen and oxygen atoms in total. The molecule has 0 bridgehead atoms. The molecule has 0 saturated carbocycles. The molecule has 0 N–H and O–H groups in total. The summed E-state index contributed by atoms with van der Waals surface area (Å²) in [4.78, 5) is -0.0770. The van der Waals surface area contributed by atoms with Gasteiger partial charge in [0.05, 0.1) is 35.0 Å². The molecule has 0 aliphatic carbocycles. The van der Waals surface area contributed by atoms with Crippen LogP contribution < -0.4 is 0 Å². The Balaban J connectivity index is 2.91. The Hall–Kier alpha value is 0.130. The maximum atomic E-state index is 11.8. The first-order chi connectivity index (χ1) is 10.1. The fraction of sp³-hybridized carbons (Fsp3) is 0.0769. The third-order valence-electron chi connectivity index (χ3n) is 2.83. The summed E-state index contributed by atoms with van der Waals surface area (Å²) in [5.41, 5.74) is 0.512. The highest BCUT2D eigenvalue weighted by Crippen LogP contribution is 2.47. The van der Waals surface area contributed by atoms with Crippen LogP contribution in [0.2, 0.25) is 30.1 Å². The molecule has 0 aromatic heterocycles. The normalized spacial score (nSPS) is 11.8. The number of halogens is 6. The van der Waals surface area contributed by atoms with Crippen LogP contribution >= 0.6 is 69.6 Å². The lowest BCUT2D eigenvalue weighted by Gasteiger charge is -2.14. The second kappa shape index (κ2) is 6.56. The molecular weight excluding hydrogens is 433 g/mol. The van der Waals surface area contributed by atoms with Crippen LogP contribution in [0.15, 0.2) is 23.1 Å². The summed E-state index contributed by atoms with van der Waals surface area (Å²) >= 11 is 36.5. The fourth-order valence-corrected chi connectivity index (χ4v) is 4.46. The van der Waals surface area contributed by atoms with Gasteiger partial charge in [-0.15, -0.1) is 0 Å². The lowest BCUT2D eigenvalue weighted by molar-refractivity contribution is 0.602. The zero-order valence-electron chi connectivity index (χ0n) is 10.7. The van der Waals surface area contributed by atoms with E-state index >= 15 is 0 Å². The van der Waals surface area contributed by atoms with E-state index in [2.05, 4.69) is 0 Å². The van der Waals surface area contributed by atoms with E-state index < -0.39 is 9.84 Å². The van der Waals surface area contributed by atoms with Gasteiger partial charge < -0.3 is 0 Å². The summed E-state index contributed by atoms with van der Waals surface area (Å²) in [6.45, 7) is 0. The molecule has 2 aromatic carbocycles. The molecule has 118 valence electrons. The second-order valence-corrected chi connectivity index (χ2v) is 8.66. The largest absolute Gasteiger partial charge is 0.224 e. The minimum atomic E-state index is -3.55. The summed E-state index contributed by atoms with van der Waals surface area (Å²) in [5, 5.41) is 0.472. The maximum absolute atomic E-state index is 11.8.